The number of hydrogen-bond acceptors (Lipinski definition) is 4. The minimum absolute atomic E-state index is 1.05. The number of rotatable bonds is 0. The van der Waals surface area contributed by atoms with E-state index in [1.165, 1.54) is 19.5 Å². The van der Waals surface area contributed by atoms with Crippen molar-refractivity contribution in [2.45, 2.75) is 6.42 Å². The topological polar surface area (TPSA) is 13.0 Å². The number of hydrogen-bond donors (Lipinski definition) is 0. The molecule has 0 aromatic heterocycles. The van der Waals surface area contributed by atoms with Crippen LogP contribution in [-0.4, -0.2) is 53.0 Å². The molecule has 4 heteroatoms. The summed E-state index contributed by atoms with van der Waals surface area (Å²) < 4.78 is 0. The van der Waals surface area contributed by atoms with Crippen LogP contribution < -0.4 is 0 Å². The summed E-state index contributed by atoms with van der Waals surface area (Å²) in [6, 6.07) is 0. The Balaban J connectivity index is 1.78. The van der Waals surface area contributed by atoms with Crippen molar-refractivity contribution in [3.05, 3.63) is 12.3 Å². The van der Waals surface area contributed by atoms with Crippen LogP contribution in [0.4, 0.5) is 0 Å². The van der Waals surface area contributed by atoms with E-state index in [0.717, 1.165) is 19.9 Å². The van der Waals surface area contributed by atoms with Crippen LogP contribution in [0.25, 0.3) is 0 Å². The molecule has 12 heavy (non-hydrogen) atoms. The van der Waals surface area contributed by atoms with Crippen LogP contribution in [-0.2, 0) is 0 Å². The first kappa shape index (κ1) is 6.88. The smallest absolute Gasteiger partial charge is 0.0991 e. The lowest BCUT2D eigenvalue weighted by molar-refractivity contribution is -0.170. The Labute approximate surface area is 72.6 Å². The Bertz CT molecular complexity index is 215. The highest BCUT2D eigenvalue weighted by Gasteiger charge is 2.32. The van der Waals surface area contributed by atoms with Crippen LogP contribution in [0.2, 0.25) is 0 Å². The SMILES string of the molecule is C1=CN2CN3CCCN3CN2C1. The van der Waals surface area contributed by atoms with Crippen molar-refractivity contribution in [1.29, 1.82) is 0 Å². The molecule has 0 atom stereocenters. The lowest BCUT2D eigenvalue weighted by atomic mass is 10.5. The summed E-state index contributed by atoms with van der Waals surface area (Å²) in [5.41, 5.74) is 0. The van der Waals surface area contributed by atoms with E-state index < -0.39 is 0 Å². The van der Waals surface area contributed by atoms with E-state index in [-0.39, 0.29) is 0 Å². The Morgan fingerprint density at radius 1 is 0.917 bits per heavy atom. The molecule has 66 valence electrons. The molecule has 0 bridgehead atoms. The molecule has 0 unspecified atom stereocenters. The quantitative estimate of drug-likeness (QED) is 0.497. The predicted octanol–water partition coefficient (Wildman–Crippen LogP) is -0.116. The van der Waals surface area contributed by atoms with Gasteiger partial charge in [0.25, 0.3) is 0 Å². The summed E-state index contributed by atoms with van der Waals surface area (Å²) in [6.45, 7) is 5.69. The van der Waals surface area contributed by atoms with Crippen molar-refractivity contribution in [3.63, 3.8) is 0 Å². The zero-order valence-electron chi connectivity index (χ0n) is 7.19. The minimum atomic E-state index is 1.05. The van der Waals surface area contributed by atoms with Gasteiger partial charge in [-0.1, -0.05) is 6.08 Å². The second kappa shape index (κ2) is 2.45. The molecule has 3 aliphatic rings. The fourth-order valence-corrected chi connectivity index (χ4v) is 2.16. The summed E-state index contributed by atoms with van der Waals surface area (Å²) in [7, 11) is 0. The van der Waals surface area contributed by atoms with Crippen molar-refractivity contribution < 1.29 is 0 Å². The zero-order chi connectivity index (χ0) is 7.97. The number of fused-ring (bicyclic) bond motifs is 2. The van der Waals surface area contributed by atoms with Gasteiger partial charge in [-0.25, -0.2) is 15.0 Å². The van der Waals surface area contributed by atoms with Crippen LogP contribution in [0.5, 0.6) is 0 Å². The van der Waals surface area contributed by atoms with E-state index in [2.05, 4.69) is 32.3 Å². The van der Waals surface area contributed by atoms with Crippen molar-refractivity contribution in [3.8, 4) is 0 Å². The Kier molecular flexibility index (Phi) is 1.41. The minimum Gasteiger partial charge on any atom is -0.296 e. The molecule has 2 fully saturated rings. The van der Waals surface area contributed by atoms with Gasteiger partial charge < -0.3 is 0 Å². The van der Waals surface area contributed by atoms with E-state index in [1.54, 1.807) is 0 Å². The van der Waals surface area contributed by atoms with Gasteiger partial charge in [-0.05, 0) is 6.42 Å². The number of hydrazine groups is 2. The Hall–Kier alpha value is -0.580. The summed E-state index contributed by atoms with van der Waals surface area (Å²) in [5, 5.41) is 9.57. The Morgan fingerprint density at radius 2 is 1.75 bits per heavy atom. The fraction of sp³-hybridized carbons (Fsp3) is 0.750. The third kappa shape index (κ3) is 0.888. The zero-order valence-corrected chi connectivity index (χ0v) is 7.19. The van der Waals surface area contributed by atoms with Crippen molar-refractivity contribution in [2.24, 2.45) is 0 Å². The van der Waals surface area contributed by atoms with E-state index in [0.29, 0.717) is 0 Å². The number of nitrogens with zero attached hydrogens (tertiary/aromatic N) is 4. The summed E-state index contributed by atoms with van der Waals surface area (Å²) in [4.78, 5) is 0. The van der Waals surface area contributed by atoms with Gasteiger partial charge in [0, 0.05) is 25.8 Å². The summed E-state index contributed by atoms with van der Waals surface area (Å²) in [5.74, 6) is 0. The molecule has 3 rings (SSSR count). The first-order valence-electron chi connectivity index (χ1n) is 4.61. The van der Waals surface area contributed by atoms with Gasteiger partial charge in [-0.15, -0.1) is 0 Å². The van der Waals surface area contributed by atoms with Crippen LogP contribution in [0.1, 0.15) is 6.42 Å². The molecule has 0 spiro atoms. The molecular weight excluding hydrogens is 152 g/mol. The van der Waals surface area contributed by atoms with E-state index in [9.17, 15) is 0 Å². The highest BCUT2D eigenvalue weighted by molar-refractivity contribution is 4.93. The molecule has 0 radical (unpaired) electrons. The van der Waals surface area contributed by atoms with E-state index >= 15 is 0 Å². The second-order valence-corrected chi connectivity index (χ2v) is 3.61. The van der Waals surface area contributed by atoms with Crippen molar-refractivity contribution >= 4 is 0 Å². The Morgan fingerprint density at radius 3 is 2.67 bits per heavy atom. The van der Waals surface area contributed by atoms with Gasteiger partial charge in [0.1, 0.15) is 0 Å². The summed E-state index contributed by atoms with van der Waals surface area (Å²) in [6.07, 6.45) is 5.74. The molecule has 0 saturated carbocycles. The maximum absolute atomic E-state index is 2.45. The average Bonchev–Trinajstić information content (AvgIpc) is 2.64. The molecule has 0 aromatic rings. The molecule has 0 aliphatic carbocycles. The fourth-order valence-electron chi connectivity index (χ4n) is 2.16. The van der Waals surface area contributed by atoms with Crippen LogP contribution in [0.3, 0.4) is 0 Å². The maximum Gasteiger partial charge on any atom is 0.0991 e. The van der Waals surface area contributed by atoms with Gasteiger partial charge >= 0.3 is 0 Å². The molecule has 2 saturated heterocycles. The van der Waals surface area contributed by atoms with E-state index in [1.807, 2.05) is 0 Å². The second-order valence-electron chi connectivity index (χ2n) is 3.61. The third-order valence-corrected chi connectivity index (χ3v) is 2.82. The van der Waals surface area contributed by atoms with E-state index in [4.69, 9.17) is 0 Å². The lowest BCUT2D eigenvalue weighted by Crippen LogP contribution is -2.57. The van der Waals surface area contributed by atoms with Gasteiger partial charge in [-0.3, -0.25) is 5.01 Å². The van der Waals surface area contributed by atoms with Crippen LogP contribution >= 0.6 is 0 Å². The molecular formula is C8H14N4. The normalized spacial score (nSPS) is 31.2. The van der Waals surface area contributed by atoms with Gasteiger partial charge in [0.2, 0.25) is 0 Å². The van der Waals surface area contributed by atoms with Gasteiger partial charge in [-0.2, -0.15) is 0 Å². The van der Waals surface area contributed by atoms with Crippen molar-refractivity contribution in [2.75, 3.05) is 33.0 Å². The molecule has 3 heterocycles. The average molecular weight is 166 g/mol. The standard InChI is InChI=1S/C8H14N4/c1-3-9-7-11-5-2-6-12(11)8-10(9)4-1/h1,3H,2,4-8H2. The van der Waals surface area contributed by atoms with Crippen molar-refractivity contribution in [1.82, 2.24) is 20.0 Å². The molecule has 0 aromatic carbocycles. The van der Waals surface area contributed by atoms with Crippen LogP contribution in [0, 0.1) is 0 Å². The largest absolute Gasteiger partial charge is 0.296 e. The highest BCUT2D eigenvalue weighted by Crippen LogP contribution is 2.21. The third-order valence-electron chi connectivity index (χ3n) is 2.82. The summed E-state index contributed by atoms with van der Waals surface area (Å²) >= 11 is 0. The molecule has 0 N–H and O–H groups in total. The van der Waals surface area contributed by atoms with Crippen LogP contribution in [0.15, 0.2) is 12.3 Å². The first-order chi connectivity index (χ1) is 5.93. The maximum atomic E-state index is 2.45. The van der Waals surface area contributed by atoms with Gasteiger partial charge in [0.05, 0.1) is 13.3 Å². The first-order valence-corrected chi connectivity index (χ1v) is 4.61. The predicted molar refractivity (Wildman–Crippen MR) is 45.4 cm³/mol. The molecule has 3 aliphatic heterocycles. The highest BCUT2D eigenvalue weighted by atomic mass is 15.8. The van der Waals surface area contributed by atoms with Gasteiger partial charge in [0.15, 0.2) is 0 Å². The molecule has 0 amide bonds. The molecule has 4 nitrogen and oxygen atoms in total. The monoisotopic (exact) mass is 166 g/mol. The lowest BCUT2D eigenvalue weighted by Gasteiger charge is -2.43.